The number of rotatable bonds is 8. The zero-order chi connectivity index (χ0) is 15.8. The lowest BCUT2D eigenvalue weighted by molar-refractivity contribution is 0.292. The average Bonchev–Trinajstić information content (AvgIpc) is 2.53. The third kappa shape index (κ3) is 4.46. The molecule has 2 aromatic carbocycles. The standard InChI is InChI=1S/C18H22FNO2/c1-2-21-15-6-5-7-16(12-15)22-11-10-14(13-20)17-8-3-4-9-18(17)19/h3-9,12,14H,2,10-11,13,20H2,1H3. The maximum Gasteiger partial charge on any atom is 0.126 e. The van der Waals surface area contributed by atoms with Crippen LogP contribution in [0.15, 0.2) is 48.5 Å². The van der Waals surface area contributed by atoms with E-state index in [1.807, 2.05) is 37.3 Å². The molecule has 22 heavy (non-hydrogen) atoms. The summed E-state index contributed by atoms with van der Waals surface area (Å²) in [5.74, 6) is 1.27. The van der Waals surface area contributed by atoms with E-state index in [9.17, 15) is 4.39 Å². The van der Waals surface area contributed by atoms with Gasteiger partial charge in [-0.1, -0.05) is 24.3 Å². The van der Waals surface area contributed by atoms with E-state index in [4.69, 9.17) is 15.2 Å². The largest absolute Gasteiger partial charge is 0.494 e. The molecule has 0 aliphatic carbocycles. The molecule has 3 nitrogen and oxygen atoms in total. The van der Waals surface area contributed by atoms with E-state index < -0.39 is 0 Å². The van der Waals surface area contributed by atoms with Crippen molar-refractivity contribution in [2.45, 2.75) is 19.3 Å². The maximum absolute atomic E-state index is 13.8. The Morgan fingerprint density at radius 1 is 1.05 bits per heavy atom. The molecule has 0 bridgehead atoms. The fourth-order valence-corrected chi connectivity index (χ4v) is 2.35. The molecule has 0 fully saturated rings. The zero-order valence-corrected chi connectivity index (χ0v) is 12.8. The van der Waals surface area contributed by atoms with Crippen LogP contribution in [-0.4, -0.2) is 19.8 Å². The van der Waals surface area contributed by atoms with Gasteiger partial charge >= 0.3 is 0 Å². The van der Waals surface area contributed by atoms with Gasteiger partial charge < -0.3 is 15.2 Å². The minimum atomic E-state index is -0.212. The first-order valence-electron chi connectivity index (χ1n) is 7.54. The first-order chi connectivity index (χ1) is 10.7. The van der Waals surface area contributed by atoms with E-state index >= 15 is 0 Å². The second kappa shape index (κ2) is 8.39. The number of hydrogen-bond donors (Lipinski definition) is 1. The Balaban J connectivity index is 1.92. The van der Waals surface area contributed by atoms with Crippen LogP contribution in [-0.2, 0) is 0 Å². The molecular weight excluding hydrogens is 281 g/mol. The van der Waals surface area contributed by atoms with Gasteiger partial charge in [0.15, 0.2) is 0 Å². The predicted octanol–water partition coefficient (Wildman–Crippen LogP) is 3.74. The van der Waals surface area contributed by atoms with Gasteiger partial charge in [-0.2, -0.15) is 0 Å². The van der Waals surface area contributed by atoms with Gasteiger partial charge in [0.2, 0.25) is 0 Å². The summed E-state index contributed by atoms with van der Waals surface area (Å²) in [4.78, 5) is 0. The van der Waals surface area contributed by atoms with Crippen LogP contribution < -0.4 is 15.2 Å². The molecule has 0 heterocycles. The number of benzene rings is 2. The summed E-state index contributed by atoms with van der Waals surface area (Å²) in [6, 6.07) is 14.3. The van der Waals surface area contributed by atoms with Crippen LogP contribution in [0.5, 0.6) is 11.5 Å². The fourth-order valence-electron chi connectivity index (χ4n) is 2.35. The normalized spacial score (nSPS) is 12.0. The molecular formula is C18H22FNO2. The molecule has 0 saturated heterocycles. The minimum Gasteiger partial charge on any atom is -0.494 e. The van der Waals surface area contributed by atoms with E-state index in [1.54, 1.807) is 12.1 Å². The van der Waals surface area contributed by atoms with Crippen LogP contribution in [0.1, 0.15) is 24.8 Å². The number of hydrogen-bond acceptors (Lipinski definition) is 3. The third-order valence-electron chi connectivity index (χ3n) is 3.48. The van der Waals surface area contributed by atoms with Gasteiger partial charge in [-0.15, -0.1) is 0 Å². The van der Waals surface area contributed by atoms with E-state index in [1.165, 1.54) is 6.07 Å². The lowest BCUT2D eigenvalue weighted by atomic mass is 9.96. The summed E-state index contributed by atoms with van der Waals surface area (Å²) >= 11 is 0. The Labute approximate surface area is 130 Å². The molecule has 0 saturated carbocycles. The van der Waals surface area contributed by atoms with Crippen LogP contribution >= 0.6 is 0 Å². The van der Waals surface area contributed by atoms with Crippen LogP contribution in [0.25, 0.3) is 0 Å². The molecule has 0 radical (unpaired) electrons. The van der Waals surface area contributed by atoms with Crippen molar-refractivity contribution in [1.82, 2.24) is 0 Å². The van der Waals surface area contributed by atoms with E-state index in [2.05, 4.69) is 0 Å². The predicted molar refractivity (Wildman–Crippen MR) is 85.9 cm³/mol. The molecule has 0 spiro atoms. The van der Waals surface area contributed by atoms with Gasteiger partial charge in [0.1, 0.15) is 17.3 Å². The summed E-state index contributed by atoms with van der Waals surface area (Å²) < 4.78 is 25.0. The molecule has 1 atom stereocenters. The molecule has 2 aromatic rings. The summed E-state index contributed by atoms with van der Waals surface area (Å²) in [5, 5.41) is 0. The van der Waals surface area contributed by atoms with Crippen molar-refractivity contribution in [3.05, 3.63) is 59.9 Å². The molecule has 0 aliphatic heterocycles. The summed E-state index contributed by atoms with van der Waals surface area (Å²) in [7, 11) is 0. The topological polar surface area (TPSA) is 44.5 Å². The van der Waals surface area contributed by atoms with Gasteiger partial charge in [-0.05, 0) is 43.7 Å². The monoisotopic (exact) mass is 303 g/mol. The van der Waals surface area contributed by atoms with Gasteiger partial charge in [0.05, 0.1) is 13.2 Å². The molecule has 0 aliphatic rings. The van der Waals surface area contributed by atoms with Gasteiger partial charge in [-0.3, -0.25) is 0 Å². The van der Waals surface area contributed by atoms with Crippen LogP contribution in [0.4, 0.5) is 4.39 Å². The molecule has 1 unspecified atom stereocenters. The van der Waals surface area contributed by atoms with Crippen molar-refractivity contribution in [1.29, 1.82) is 0 Å². The maximum atomic E-state index is 13.8. The highest BCUT2D eigenvalue weighted by molar-refractivity contribution is 5.33. The minimum absolute atomic E-state index is 0.0451. The van der Waals surface area contributed by atoms with E-state index in [-0.39, 0.29) is 11.7 Å². The molecule has 4 heteroatoms. The van der Waals surface area contributed by atoms with Crippen molar-refractivity contribution < 1.29 is 13.9 Å². The van der Waals surface area contributed by atoms with Gasteiger partial charge in [0.25, 0.3) is 0 Å². The highest BCUT2D eigenvalue weighted by atomic mass is 19.1. The van der Waals surface area contributed by atoms with Crippen LogP contribution in [0.3, 0.4) is 0 Å². The lowest BCUT2D eigenvalue weighted by Crippen LogP contribution is -2.16. The van der Waals surface area contributed by atoms with Crippen molar-refractivity contribution in [3.8, 4) is 11.5 Å². The van der Waals surface area contributed by atoms with E-state index in [0.29, 0.717) is 31.7 Å². The molecule has 0 aromatic heterocycles. The second-order valence-electron chi connectivity index (χ2n) is 5.00. The fraction of sp³-hybridized carbons (Fsp3) is 0.333. The Kier molecular flexibility index (Phi) is 6.22. The van der Waals surface area contributed by atoms with Crippen LogP contribution in [0, 0.1) is 5.82 Å². The van der Waals surface area contributed by atoms with E-state index in [0.717, 1.165) is 11.5 Å². The highest BCUT2D eigenvalue weighted by Gasteiger charge is 2.14. The first-order valence-corrected chi connectivity index (χ1v) is 7.54. The van der Waals surface area contributed by atoms with Gasteiger partial charge in [0, 0.05) is 12.0 Å². The number of nitrogens with two attached hydrogens (primary N) is 1. The molecule has 2 N–H and O–H groups in total. The summed E-state index contributed by atoms with van der Waals surface area (Å²) in [5.41, 5.74) is 6.42. The average molecular weight is 303 g/mol. The Hall–Kier alpha value is -2.07. The quantitative estimate of drug-likeness (QED) is 0.808. The lowest BCUT2D eigenvalue weighted by Gasteiger charge is -2.16. The zero-order valence-electron chi connectivity index (χ0n) is 12.8. The van der Waals surface area contributed by atoms with Gasteiger partial charge in [-0.25, -0.2) is 4.39 Å². The summed E-state index contributed by atoms with van der Waals surface area (Å²) in [6.07, 6.45) is 0.663. The third-order valence-corrected chi connectivity index (χ3v) is 3.48. The SMILES string of the molecule is CCOc1cccc(OCCC(CN)c2ccccc2F)c1. The van der Waals surface area contributed by atoms with Crippen molar-refractivity contribution in [2.75, 3.05) is 19.8 Å². The first kappa shape index (κ1) is 16.3. The Bertz CT molecular complexity index is 589. The Morgan fingerprint density at radius 2 is 1.77 bits per heavy atom. The highest BCUT2D eigenvalue weighted by Crippen LogP contribution is 2.23. The Morgan fingerprint density at radius 3 is 2.45 bits per heavy atom. The molecule has 118 valence electrons. The van der Waals surface area contributed by atoms with Crippen molar-refractivity contribution in [3.63, 3.8) is 0 Å². The second-order valence-corrected chi connectivity index (χ2v) is 5.00. The smallest absolute Gasteiger partial charge is 0.126 e. The number of halogens is 1. The van der Waals surface area contributed by atoms with Crippen molar-refractivity contribution in [2.24, 2.45) is 5.73 Å². The molecule has 2 rings (SSSR count). The molecule has 0 amide bonds. The number of ether oxygens (including phenoxy) is 2. The van der Waals surface area contributed by atoms with Crippen molar-refractivity contribution >= 4 is 0 Å². The summed E-state index contributed by atoms with van der Waals surface area (Å²) in [6.45, 7) is 3.43. The van der Waals surface area contributed by atoms with Crippen LogP contribution in [0.2, 0.25) is 0 Å².